The smallest absolute Gasteiger partial charge is 0.339 e. The molecule has 0 heterocycles. The summed E-state index contributed by atoms with van der Waals surface area (Å²) in [6.07, 6.45) is 0.844. The standard InChI is InChI=1S/C16H14Cl4O6/c1-4-24-9(22)6-8(16(23)25-5-2)10-11(17)12(18)13(19)14(20)15(10)26-7(3)21/h6H,4-5H2,1-3H3/b8-6+. The van der Waals surface area contributed by atoms with E-state index in [2.05, 4.69) is 0 Å². The Bertz CT molecular complexity index is 773. The zero-order valence-corrected chi connectivity index (χ0v) is 17.0. The second-order valence-electron chi connectivity index (χ2n) is 4.58. The van der Waals surface area contributed by atoms with Crippen LogP contribution in [0.2, 0.25) is 20.1 Å². The summed E-state index contributed by atoms with van der Waals surface area (Å²) in [6, 6.07) is 0. The number of hydrogen-bond acceptors (Lipinski definition) is 6. The zero-order valence-electron chi connectivity index (χ0n) is 14.0. The minimum Gasteiger partial charge on any atom is -0.463 e. The van der Waals surface area contributed by atoms with Crippen molar-refractivity contribution in [1.82, 2.24) is 0 Å². The molecule has 0 atom stereocenters. The highest BCUT2D eigenvalue weighted by molar-refractivity contribution is 6.53. The number of rotatable bonds is 6. The van der Waals surface area contributed by atoms with Gasteiger partial charge in [0.25, 0.3) is 0 Å². The van der Waals surface area contributed by atoms with Crippen LogP contribution in [0.25, 0.3) is 5.57 Å². The van der Waals surface area contributed by atoms with Gasteiger partial charge in [0.15, 0.2) is 5.75 Å². The van der Waals surface area contributed by atoms with Gasteiger partial charge in [-0.2, -0.15) is 0 Å². The Labute approximate surface area is 169 Å². The Morgan fingerprint density at radius 1 is 0.885 bits per heavy atom. The van der Waals surface area contributed by atoms with Crippen LogP contribution in [0.5, 0.6) is 5.75 Å². The third kappa shape index (κ3) is 5.27. The zero-order chi connectivity index (χ0) is 20.0. The van der Waals surface area contributed by atoms with E-state index in [4.69, 9.17) is 60.6 Å². The molecule has 0 aromatic heterocycles. The minimum absolute atomic E-state index is 0.00850. The quantitative estimate of drug-likeness (QED) is 0.208. The molecule has 0 saturated heterocycles. The molecule has 0 bridgehead atoms. The third-order valence-electron chi connectivity index (χ3n) is 2.78. The van der Waals surface area contributed by atoms with Gasteiger partial charge in [0.05, 0.1) is 39.4 Å². The number of halogens is 4. The van der Waals surface area contributed by atoms with Crippen LogP contribution >= 0.6 is 46.4 Å². The third-order valence-corrected chi connectivity index (χ3v) is 4.57. The van der Waals surface area contributed by atoms with E-state index in [1.807, 2.05) is 0 Å². The molecule has 0 saturated carbocycles. The van der Waals surface area contributed by atoms with Crippen molar-refractivity contribution in [3.63, 3.8) is 0 Å². The second kappa shape index (κ2) is 10.0. The van der Waals surface area contributed by atoms with E-state index in [9.17, 15) is 14.4 Å². The van der Waals surface area contributed by atoms with Gasteiger partial charge in [-0.25, -0.2) is 9.59 Å². The van der Waals surface area contributed by atoms with Crippen LogP contribution in [0.4, 0.5) is 0 Å². The number of esters is 3. The first-order chi connectivity index (χ1) is 12.1. The Hall–Kier alpha value is -1.47. The van der Waals surface area contributed by atoms with E-state index in [1.54, 1.807) is 13.8 Å². The number of carbonyl (C=O) groups is 3. The molecule has 10 heteroatoms. The van der Waals surface area contributed by atoms with E-state index in [0.717, 1.165) is 13.0 Å². The fraction of sp³-hybridized carbons (Fsp3) is 0.312. The summed E-state index contributed by atoms with van der Waals surface area (Å²) < 4.78 is 14.8. The highest BCUT2D eigenvalue weighted by Gasteiger charge is 2.29. The Kier molecular flexibility index (Phi) is 8.70. The molecular weight excluding hydrogens is 430 g/mol. The normalized spacial score (nSPS) is 11.1. The predicted molar refractivity (Wildman–Crippen MR) is 99.0 cm³/mol. The van der Waals surface area contributed by atoms with E-state index in [0.29, 0.717) is 0 Å². The predicted octanol–water partition coefficient (Wildman–Crippen LogP) is 4.74. The van der Waals surface area contributed by atoms with Crippen LogP contribution in [0.1, 0.15) is 26.3 Å². The Morgan fingerprint density at radius 2 is 1.42 bits per heavy atom. The van der Waals surface area contributed by atoms with Crippen molar-refractivity contribution in [2.24, 2.45) is 0 Å². The fourth-order valence-electron chi connectivity index (χ4n) is 1.84. The van der Waals surface area contributed by atoms with Crippen molar-refractivity contribution in [3.8, 4) is 5.75 Å². The van der Waals surface area contributed by atoms with Crippen LogP contribution in [0, 0.1) is 0 Å². The monoisotopic (exact) mass is 442 g/mol. The largest absolute Gasteiger partial charge is 0.463 e. The maximum absolute atomic E-state index is 12.4. The van der Waals surface area contributed by atoms with Crippen molar-refractivity contribution in [1.29, 1.82) is 0 Å². The highest BCUT2D eigenvalue weighted by atomic mass is 35.5. The summed E-state index contributed by atoms with van der Waals surface area (Å²) in [5, 5.41) is -0.882. The first-order valence-corrected chi connectivity index (χ1v) is 8.77. The first kappa shape index (κ1) is 22.6. The molecule has 6 nitrogen and oxygen atoms in total. The molecule has 1 aromatic rings. The molecule has 0 unspecified atom stereocenters. The second-order valence-corrected chi connectivity index (χ2v) is 6.10. The summed E-state index contributed by atoms with van der Waals surface area (Å²) >= 11 is 24.3. The molecule has 0 N–H and O–H groups in total. The van der Waals surface area contributed by atoms with Crippen LogP contribution in [0.3, 0.4) is 0 Å². The fourth-order valence-corrected chi connectivity index (χ4v) is 2.81. The lowest BCUT2D eigenvalue weighted by Crippen LogP contribution is -2.13. The van der Waals surface area contributed by atoms with Crippen LogP contribution < -0.4 is 4.74 Å². The molecule has 0 spiro atoms. The lowest BCUT2D eigenvalue weighted by Gasteiger charge is -2.17. The van der Waals surface area contributed by atoms with E-state index in [-0.39, 0.29) is 50.2 Å². The summed E-state index contributed by atoms with van der Waals surface area (Å²) in [4.78, 5) is 35.7. The number of hydrogen-bond donors (Lipinski definition) is 0. The molecule has 0 aliphatic carbocycles. The molecule has 0 radical (unpaired) electrons. The summed E-state index contributed by atoms with van der Waals surface area (Å²) in [5.41, 5.74) is -0.570. The Morgan fingerprint density at radius 3 is 1.92 bits per heavy atom. The lowest BCUT2D eigenvalue weighted by molar-refractivity contribution is -0.139. The van der Waals surface area contributed by atoms with Gasteiger partial charge < -0.3 is 14.2 Å². The Balaban J connectivity index is 3.80. The minimum atomic E-state index is -0.926. The first-order valence-electron chi connectivity index (χ1n) is 7.25. The van der Waals surface area contributed by atoms with Gasteiger partial charge in [0.2, 0.25) is 0 Å². The molecule has 0 aliphatic rings. The topological polar surface area (TPSA) is 78.9 Å². The summed E-state index contributed by atoms with van der Waals surface area (Å²) in [6.45, 7) is 4.33. The average molecular weight is 444 g/mol. The van der Waals surface area contributed by atoms with Crippen molar-refractivity contribution in [2.45, 2.75) is 20.8 Å². The lowest BCUT2D eigenvalue weighted by atomic mass is 10.0. The van der Waals surface area contributed by atoms with Crippen molar-refractivity contribution >= 4 is 69.9 Å². The van der Waals surface area contributed by atoms with Crippen LogP contribution in [-0.4, -0.2) is 31.1 Å². The molecular formula is C16H14Cl4O6. The molecule has 0 amide bonds. The molecule has 142 valence electrons. The molecule has 0 aliphatic heterocycles. The maximum Gasteiger partial charge on any atom is 0.339 e. The summed E-state index contributed by atoms with van der Waals surface area (Å²) in [5.74, 6) is -2.86. The van der Waals surface area contributed by atoms with Gasteiger partial charge in [0, 0.05) is 13.0 Å². The highest BCUT2D eigenvalue weighted by Crippen LogP contribution is 2.48. The van der Waals surface area contributed by atoms with Gasteiger partial charge in [-0.15, -0.1) is 0 Å². The molecule has 1 rings (SSSR count). The van der Waals surface area contributed by atoms with Crippen molar-refractivity contribution in [2.75, 3.05) is 13.2 Å². The van der Waals surface area contributed by atoms with Crippen LogP contribution in [0.15, 0.2) is 6.08 Å². The molecule has 1 aromatic carbocycles. The van der Waals surface area contributed by atoms with E-state index >= 15 is 0 Å². The number of ether oxygens (including phenoxy) is 3. The maximum atomic E-state index is 12.4. The van der Waals surface area contributed by atoms with Crippen LogP contribution in [-0.2, 0) is 23.9 Å². The van der Waals surface area contributed by atoms with Crippen molar-refractivity contribution < 1.29 is 28.6 Å². The van der Waals surface area contributed by atoms with Gasteiger partial charge >= 0.3 is 17.9 Å². The number of benzene rings is 1. The van der Waals surface area contributed by atoms with Crippen molar-refractivity contribution in [3.05, 3.63) is 31.7 Å². The summed E-state index contributed by atoms with van der Waals surface area (Å²) in [7, 11) is 0. The SMILES string of the molecule is CCOC(=O)/C=C(/C(=O)OCC)c1c(Cl)c(Cl)c(Cl)c(Cl)c1OC(C)=O. The van der Waals surface area contributed by atoms with Gasteiger partial charge in [-0.05, 0) is 13.8 Å². The van der Waals surface area contributed by atoms with Gasteiger partial charge in [0.1, 0.15) is 5.02 Å². The van der Waals surface area contributed by atoms with E-state index in [1.165, 1.54) is 0 Å². The van der Waals surface area contributed by atoms with Gasteiger partial charge in [-0.3, -0.25) is 4.79 Å². The number of carbonyl (C=O) groups excluding carboxylic acids is 3. The molecule has 26 heavy (non-hydrogen) atoms. The van der Waals surface area contributed by atoms with Gasteiger partial charge in [-0.1, -0.05) is 46.4 Å². The molecule has 0 fully saturated rings. The van der Waals surface area contributed by atoms with E-state index < -0.39 is 17.9 Å². The average Bonchev–Trinajstić information content (AvgIpc) is 2.56.